The third-order valence-electron chi connectivity index (χ3n) is 4.98. The first-order valence-electron chi connectivity index (χ1n) is 9.31. The minimum absolute atomic E-state index is 0.100. The summed E-state index contributed by atoms with van der Waals surface area (Å²) in [7, 11) is 1.59. The van der Waals surface area contributed by atoms with Gasteiger partial charge in [-0.05, 0) is 36.3 Å². The summed E-state index contributed by atoms with van der Waals surface area (Å²) < 4.78 is 10.7. The fraction of sp³-hybridized carbons (Fsp3) is 0.286. The number of hydrogen-bond acceptors (Lipinski definition) is 8. The van der Waals surface area contributed by atoms with Gasteiger partial charge in [0, 0.05) is 10.6 Å². The lowest BCUT2D eigenvalue weighted by Gasteiger charge is -2.48. The molecule has 0 aliphatic carbocycles. The van der Waals surface area contributed by atoms with E-state index in [4.69, 9.17) is 15.2 Å². The highest BCUT2D eigenvalue weighted by Gasteiger charge is 2.51. The minimum atomic E-state index is -0.589. The number of ether oxygens (including phenoxy) is 2. The monoisotopic (exact) mass is 443 g/mol. The number of aromatic nitrogens is 1. The molecule has 30 heavy (non-hydrogen) atoms. The van der Waals surface area contributed by atoms with E-state index in [9.17, 15) is 9.59 Å². The van der Waals surface area contributed by atoms with E-state index in [2.05, 4.69) is 4.98 Å². The number of fused-ring (bicyclic) bond motifs is 1. The number of thiazole rings is 1. The largest absolute Gasteiger partial charge is 0.497 e. The van der Waals surface area contributed by atoms with Gasteiger partial charge in [0.15, 0.2) is 0 Å². The zero-order valence-electron chi connectivity index (χ0n) is 16.5. The molecule has 1 aromatic carbocycles. The Labute approximate surface area is 182 Å². The Hall–Kier alpha value is -2.62. The molecule has 156 valence electrons. The smallest absolute Gasteiger partial charge is 0.355 e. The molecule has 4 rings (SSSR count). The fourth-order valence-electron chi connectivity index (χ4n) is 3.24. The summed E-state index contributed by atoms with van der Waals surface area (Å²) in [5.41, 5.74) is 10.5. The third-order valence-corrected chi connectivity index (χ3v) is 7.20. The predicted octanol–water partition coefficient (Wildman–Crippen LogP) is 2.71. The second-order valence-corrected chi connectivity index (χ2v) is 8.86. The number of nitrogens with two attached hydrogens (primary N) is 1. The molecule has 1 saturated heterocycles. The van der Waals surface area contributed by atoms with Crippen LogP contribution in [0.3, 0.4) is 0 Å². The number of nitrogens with zero attached hydrogens (tertiary/aromatic N) is 2. The molecule has 2 aliphatic rings. The molecule has 7 nitrogen and oxygen atoms in total. The van der Waals surface area contributed by atoms with Gasteiger partial charge in [-0.2, -0.15) is 0 Å². The highest BCUT2D eigenvalue weighted by molar-refractivity contribution is 8.00. The summed E-state index contributed by atoms with van der Waals surface area (Å²) >= 11 is 3.07. The van der Waals surface area contributed by atoms with Crippen LogP contribution in [0.25, 0.3) is 6.08 Å². The maximum absolute atomic E-state index is 13.0. The van der Waals surface area contributed by atoms with E-state index in [0.717, 1.165) is 27.5 Å². The maximum atomic E-state index is 13.0. The maximum Gasteiger partial charge on any atom is 0.355 e. The van der Waals surface area contributed by atoms with Gasteiger partial charge in [0.05, 0.1) is 18.3 Å². The lowest BCUT2D eigenvalue weighted by molar-refractivity contribution is -0.151. The number of allylic oxidation sites excluding steroid dienone is 1. The molecule has 0 radical (unpaired) electrons. The molecule has 1 fully saturated rings. The van der Waals surface area contributed by atoms with E-state index >= 15 is 0 Å². The van der Waals surface area contributed by atoms with Crippen molar-refractivity contribution in [2.24, 2.45) is 5.73 Å². The van der Waals surface area contributed by atoms with E-state index in [0.29, 0.717) is 5.75 Å². The molecule has 2 aliphatic heterocycles. The van der Waals surface area contributed by atoms with Gasteiger partial charge in [-0.15, -0.1) is 23.1 Å². The van der Waals surface area contributed by atoms with Crippen LogP contribution in [0.1, 0.15) is 16.1 Å². The Bertz CT molecular complexity index is 1030. The first-order chi connectivity index (χ1) is 14.5. The summed E-state index contributed by atoms with van der Waals surface area (Å²) in [6, 6.07) is 6.68. The van der Waals surface area contributed by atoms with Gasteiger partial charge in [0.25, 0.3) is 0 Å². The van der Waals surface area contributed by atoms with Crippen molar-refractivity contribution >= 4 is 41.1 Å². The molecule has 2 atom stereocenters. The molecule has 9 heteroatoms. The topological polar surface area (TPSA) is 94.7 Å². The Kier molecular flexibility index (Phi) is 5.94. The zero-order valence-corrected chi connectivity index (χ0v) is 18.2. The van der Waals surface area contributed by atoms with Crippen LogP contribution in [-0.4, -0.2) is 46.0 Å². The van der Waals surface area contributed by atoms with Crippen LogP contribution in [0, 0.1) is 6.92 Å². The van der Waals surface area contributed by atoms with E-state index in [-0.39, 0.29) is 23.6 Å². The summed E-state index contributed by atoms with van der Waals surface area (Å²) in [6.45, 7) is 2.03. The number of esters is 1. The average Bonchev–Trinajstić information content (AvgIpc) is 3.19. The first kappa shape index (κ1) is 20.6. The molecule has 0 unspecified atom stereocenters. The predicted molar refractivity (Wildman–Crippen MR) is 117 cm³/mol. The van der Waals surface area contributed by atoms with Crippen LogP contribution >= 0.6 is 23.1 Å². The van der Waals surface area contributed by atoms with Gasteiger partial charge in [-0.25, -0.2) is 9.78 Å². The summed E-state index contributed by atoms with van der Waals surface area (Å²) in [5.74, 6) is 0.509. The Morgan fingerprint density at radius 1 is 1.33 bits per heavy atom. The molecule has 0 saturated carbocycles. The molecule has 0 spiro atoms. The van der Waals surface area contributed by atoms with Crippen molar-refractivity contribution in [3.05, 3.63) is 63.3 Å². The third kappa shape index (κ3) is 3.88. The standard InChI is InChI=1S/C21H21N3O4S2/c1-12-16(30-11-23-12)8-5-14-10-29-20-17(22)19(25)24(20)18(14)21(26)28-9-13-3-6-15(27-2)7-4-13/h3-8,11,17,20H,9-10,22H2,1-2H3/b8-5+/t17-,20-/m1/s1. The number of carbonyl (C=O) groups excluding carboxylic acids is 2. The Morgan fingerprint density at radius 2 is 2.10 bits per heavy atom. The number of carbonyl (C=O) groups is 2. The fourth-order valence-corrected chi connectivity index (χ4v) is 5.20. The lowest BCUT2D eigenvalue weighted by atomic mass is 10.0. The van der Waals surface area contributed by atoms with Gasteiger partial charge in [0.1, 0.15) is 29.5 Å². The zero-order chi connectivity index (χ0) is 21.3. The van der Waals surface area contributed by atoms with Crippen LogP contribution < -0.4 is 10.5 Å². The SMILES string of the molecule is COc1ccc(COC(=O)C2=C(/C=C/c3scnc3C)CS[C@@H]3[C@H](N)C(=O)N23)cc1. The second kappa shape index (κ2) is 8.63. The van der Waals surface area contributed by atoms with Crippen molar-refractivity contribution in [2.75, 3.05) is 12.9 Å². The molecule has 0 bridgehead atoms. The molecule has 1 amide bonds. The summed E-state index contributed by atoms with van der Waals surface area (Å²) in [4.78, 5) is 32.1. The number of β-lactam (4-membered cyclic amide) rings is 1. The normalized spacial score (nSPS) is 20.9. The minimum Gasteiger partial charge on any atom is -0.497 e. The number of hydrogen-bond donors (Lipinski definition) is 1. The van der Waals surface area contributed by atoms with Crippen LogP contribution in [-0.2, 0) is 20.9 Å². The van der Waals surface area contributed by atoms with Crippen molar-refractivity contribution in [2.45, 2.75) is 24.9 Å². The van der Waals surface area contributed by atoms with Crippen molar-refractivity contribution < 1.29 is 19.1 Å². The van der Waals surface area contributed by atoms with Crippen molar-refractivity contribution in [1.82, 2.24) is 9.88 Å². The molecular formula is C21H21N3O4S2. The van der Waals surface area contributed by atoms with Gasteiger partial charge in [0.2, 0.25) is 5.91 Å². The molecule has 3 heterocycles. The van der Waals surface area contributed by atoms with E-state index in [1.54, 1.807) is 36.5 Å². The molecular weight excluding hydrogens is 422 g/mol. The van der Waals surface area contributed by atoms with Gasteiger partial charge >= 0.3 is 5.97 Å². The van der Waals surface area contributed by atoms with Crippen molar-refractivity contribution in [3.8, 4) is 5.75 Å². The molecule has 1 aromatic heterocycles. The van der Waals surface area contributed by atoms with Crippen LogP contribution in [0.4, 0.5) is 0 Å². The highest BCUT2D eigenvalue weighted by Crippen LogP contribution is 2.40. The van der Waals surface area contributed by atoms with E-state index < -0.39 is 12.0 Å². The average molecular weight is 444 g/mol. The number of rotatable bonds is 6. The quantitative estimate of drug-likeness (QED) is 0.542. The molecule has 2 aromatic rings. The van der Waals surface area contributed by atoms with Gasteiger partial charge in [-0.3, -0.25) is 9.69 Å². The number of amides is 1. The first-order valence-corrected chi connectivity index (χ1v) is 11.2. The number of thioether (sulfide) groups is 1. The van der Waals surface area contributed by atoms with Crippen molar-refractivity contribution in [1.29, 1.82) is 0 Å². The lowest BCUT2D eigenvalue weighted by Crippen LogP contribution is -2.68. The Balaban J connectivity index is 1.57. The number of methoxy groups -OCH3 is 1. The van der Waals surface area contributed by atoms with Crippen LogP contribution in [0.5, 0.6) is 5.75 Å². The van der Waals surface area contributed by atoms with Crippen molar-refractivity contribution in [3.63, 3.8) is 0 Å². The van der Waals surface area contributed by atoms with Gasteiger partial charge in [-0.1, -0.05) is 18.2 Å². The summed E-state index contributed by atoms with van der Waals surface area (Å²) in [6.07, 6.45) is 3.79. The number of benzene rings is 1. The van der Waals surface area contributed by atoms with Gasteiger partial charge < -0.3 is 15.2 Å². The number of aryl methyl sites for hydroxylation is 1. The van der Waals surface area contributed by atoms with Crippen LogP contribution in [0.2, 0.25) is 0 Å². The van der Waals surface area contributed by atoms with E-state index in [1.807, 2.05) is 31.2 Å². The van der Waals surface area contributed by atoms with E-state index in [1.165, 1.54) is 16.2 Å². The highest BCUT2D eigenvalue weighted by atomic mass is 32.2. The second-order valence-electron chi connectivity index (χ2n) is 6.87. The van der Waals surface area contributed by atoms with Crippen LogP contribution in [0.15, 0.2) is 47.1 Å². The Morgan fingerprint density at radius 3 is 2.77 bits per heavy atom. The summed E-state index contributed by atoms with van der Waals surface area (Å²) in [5, 5.41) is -0.233. The molecule has 2 N–H and O–H groups in total.